The van der Waals surface area contributed by atoms with Crippen LogP contribution in [0.1, 0.15) is 0 Å². The fourth-order valence-electron chi connectivity index (χ4n) is 8.86. The molecule has 0 spiro atoms. The van der Waals surface area contributed by atoms with Crippen molar-refractivity contribution in [3.8, 4) is 45.1 Å². The Morgan fingerprint density at radius 2 is 0.923 bits per heavy atom. The SMILES string of the molecule is c1ccc2c(c1)-c1ccccc1-n1c3cc4c5ccccc5n(-c5nc(-c6cccc7ccccc67)c6ccccc6n5)c4cc3c3cccc-2c31. The summed E-state index contributed by atoms with van der Waals surface area (Å²) in [7, 11) is 0. The second-order valence-electron chi connectivity index (χ2n) is 13.8. The van der Waals surface area contributed by atoms with Crippen LogP contribution in [-0.4, -0.2) is 19.1 Å². The van der Waals surface area contributed by atoms with Gasteiger partial charge in [-0.3, -0.25) is 4.57 Å². The Morgan fingerprint density at radius 1 is 0.346 bits per heavy atom. The summed E-state index contributed by atoms with van der Waals surface area (Å²) in [6.45, 7) is 0. The average Bonchev–Trinajstić information content (AvgIpc) is 3.67. The number of benzene rings is 8. The van der Waals surface area contributed by atoms with E-state index in [0.29, 0.717) is 5.95 Å². The standard InChI is InChI=1S/C48H28N4/c1-2-15-30-29(13-1)14-11-21-35(30)46-38-20-5-8-24-41(38)49-48(50-46)52-43-26-10-7-19-34(43)39-27-44-40(28-45(39)52)37-23-12-22-36-32-17-4-3-16-31(32)33-18-6-9-25-42(33)51(44)47(36)37/h1-28H. The Labute approximate surface area is 298 Å². The highest BCUT2D eigenvalue weighted by Crippen LogP contribution is 2.48. The zero-order chi connectivity index (χ0) is 33.9. The third-order valence-corrected chi connectivity index (χ3v) is 11.1. The number of nitrogens with zero attached hydrogens (tertiary/aromatic N) is 4. The Hall–Kier alpha value is -7.04. The fourth-order valence-corrected chi connectivity index (χ4v) is 8.86. The maximum Gasteiger partial charge on any atom is 0.235 e. The van der Waals surface area contributed by atoms with E-state index in [2.05, 4.69) is 179 Å². The highest BCUT2D eigenvalue weighted by atomic mass is 15.2. The molecule has 0 N–H and O–H groups in total. The molecule has 0 fully saturated rings. The highest BCUT2D eigenvalue weighted by molar-refractivity contribution is 6.22. The lowest BCUT2D eigenvalue weighted by molar-refractivity contribution is 1.01. The Bertz CT molecular complexity index is 3300. The molecule has 0 saturated heterocycles. The topological polar surface area (TPSA) is 35.6 Å². The zero-order valence-electron chi connectivity index (χ0n) is 28.0. The highest BCUT2D eigenvalue weighted by Gasteiger charge is 2.26. The van der Waals surface area contributed by atoms with Crippen molar-refractivity contribution in [2.45, 2.75) is 0 Å². The molecule has 8 aromatic carbocycles. The van der Waals surface area contributed by atoms with Crippen LogP contribution in [0.25, 0.3) is 110 Å². The van der Waals surface area contributed by atoms with E-state index in [1.165, 1.54) is 71.3 Å². The Morgan fingerprint density at radius 3 is 1.81 bits per heavy atom. The minimum Gasteiger partial charge on any atom is -0.308 e. The van der Waals surface area contributed by atoms with E-state index < -0.39 is 0 Å². The molecule has 0 radical (unpaired) electrons. The molecule has 0 bridgehead atoms. The predicted molar refractivity (Wildman–Crippen MR) is 216 cm³/mol. The van der Waals surface area contributed by atoms with Gasteiger partial charge in [-0.15, -0.1) is 0 Å². The van der Waals surface area contributed by atoms with E-state index in [4.69, 9.17) is 9.97 Å². The molecule has 0 aliphatic carbocycles. The molecule has 0 amide bonds. The minimum atomic E-state index is 0.664. The summed E-state index contributed by atoms with van der Waals surface area (Å²) >= 11 is 0. The monoisotopic (exact) mass is 660 g/mol. The van der Waals surface area contributed by atoms with E-state index >= 15 is 0 Å². The van der Waals surface area contributed by atoms with Crippen molar-refractivity contribution in [2.75, 3.05) is 0 Å². The van der Waals surface area contributed by atoms with Gasteiger partial charge in [-0.1, -0.05) is 140 Å². The smallest absolute Gasteiger partial charge is 0.235 e. The molecular formula is C48H28N4. The third-order valence-electron chi connectivity index (χ3n) is 11.1. The quantitative estimate of drug-likeness (QED) is 0.185. The van der Waals surface area contributed by atoms with Gasteiger partial charge in [0.05, 0.1) is 39.0 Å². The lowest BCUT2D eigenvalue weighted by atomic mass is 9.94. The van der Waals surface area contributed by atoms with Gasteiger partial charge in [0, 0.05) is 43.6 Å². The van der Waals surface area contributed by atoms with Crippen molar-refractivity contribution in [3.63, 3.8) is 0 Å². The molecule has 3 aromatic heterocycles. The summed E-state index contributed by atoms with van der Waals surface area (Å²) in [5.74, 6) is 0.664. The summed E-state index contributed by atoms with van der Waals surface area (Å²) in [6.07, 6.45) is 0. The van der Waals surface area contributed by atoms with Crippen LogP contribution in [0.3, 0.4) is 0 Å². The van der Waals surface area contributed by atoms with Crippen LogP contribution in [0.2, 0.25) is 0 Å². The lowest BCUT2D eigenvalue weighted by Gasteiger charge is -2.13. The molecule has 11 aromatic rings. The first-order valence-corrected chi connectivity index (χ1v) is 17.8. The molecule has 0 unspecified atom stereocenters. The number of hydrogen-bond donors (Lipinski definition) is 0. The molecule has 0 atom stereocenters. The summed E-state index contributed by atoms with van der Waals surface area (Å²) < 4.78 is 4.76. The second-order valence-corrected chi connectivity index (χ2v) is 13.8. The van der Waals surface area contributed by atoms with Crippen LogP contribution in [-0.2, 0) is 0 Å². The maximum absolute atomic E-state index is 5.47. The van der Waals surface area contributed by atoms with Crippen molar-refractivity contribution >= 4 is 65.3 Å². The van der Waals surface area contributed by atoms with Gasteiger partial charge in [-0.25, -0.2) is 9.97 Å². The molecule has 4 heteroatoms. The lowest BCUT2D eigenvalue weighted by Crippen LogP contribution is -2.03. The van der Waals surface area contributed by atoms with Crippen LogP contribution >= 0.6 is 0 Å². The van der Waals surface area contributed by atoms with Gasteiger partial charge in [0.2, 0.25) is 5.95 Å². The zero-order valence-corrected chi connectivity index (χ0v) is 28.0. The molecule has 12 rings (SSSR count). The molecule has 4 heterocycles. The Balaban J connectivity index is 1.22. The first-order valence-electron chi connectivity index (χ1n) is 17.8. The van der Waals surface area contributed by atoms with E-state index in [-0.39, 0.29) is 0 Å². The second kappa shape index (κ2) is 10.3. The van der Waals surface area contributed by atoms with Gasteiger partial charge in [-0.05, 0) is 52.2 Å². The van der Waals surface area contributed by atoms with Crippen LogP contribution in [0.5, 0.6) is 0 Å². The summed E-state index contributed by atoms with van der Waals surface area (Å²) in [6, 6.07) is 61.2. The van der Waals surface area contributed by atoms with Crippen molar-refractivity contribution in [1.82, 2.24) is 19.1 Å². The molecule has 1 aliphatic heterocycles. The largest absolute Gasteiger partial charge is 0.308 e. The predicted octanol–water partition coefficient (Wildman–Crippen LogP) is 12.3. The van der Waals surface area contributed by atoms with Crippen molar-refractivity contribution in [3.05, 3.63) is 170 Å². The van der Waals surface area contributed by atoms with E-state index in [1.807, 2.05) is 0 Å². The maximum atomic E-state index is 5.47. The number of fused-ring (bicyclic) bond motifs is 13. The average molecular weight is 661 g/mol. The molecule has 52 heavy (non-hydrogen) atoms. The number of aromatic nitrogens is 4. The number of para-hydroxylation sites is 4. The molecule has 240 valence electrons. The van der Waals surface area contributed by atoms with Gasteiger partial charge in [0.1, 0.15) is 0 Å². The Kier molecular flexibility index (Phi) is 5.47. The van der Waals surface area contributed by atoms with Crippen LogP contribution in [0.15, 0.2) is 170 Å². The molecule has 0 saturated carbocycles. The fraction of sp³-hybridized carbons (Fsp3) is 0. The van der Waals surface area contributed by atoms with E-state index in [1.54, 1.807) is 0 Å². The van der Waals surface area contributed by atoms with Gasteiger partial charge in [0.25, 0.3) is 0 Å². The van der Waals surface area contributed by atoms with Crippen LogP contribution < -0.4 is 0 Å². The van der Waals surface area contributed by atoms with E-state index in [9.17, 15) is 0 Å². The van der Waals surface area contributed by atoms with Crippen molar-refractivity contribution < 1.29 is 0 Å². The van der Waals surface area contributed by atoms with E-state index in [0.717, 1.165) is 33.2 Å². The molecule has 4 nitrogen and oxygen atoms in total. The van der Waals surface area contributed by atoms with Crippen LogP contribution in [0, 0.1) is 0 Å². The van der Waals surface area contributed by atoms with Crippen molar-refractivity contribution in [2.24, 2.45) is 0 Å². The van der Waals surface area contributed by atoms with Gasteiger partial charge in [-0.2, -0.15) is 0 Å². The summed E-state index contributed by atoms with van der Waals surface area (Å²) in [5, 5.41) is 8.19. The van der Waals surface area contributed by atoms with Gasteiger partial charge >= 0.3 is 0 Å². The van der Waals surface area contributed by atoms with Gasteiger partial charge < -0.3 is 4.57 Å². The summed E-state index contributed by atoms with van der Waals surface area (Å²) in [4.78, 5) is 10.8. The minimum absolute atomic E-state index is 0.664. The van der Waals surface area contributed by atoms with Crippen LogP contribution in [0.4, 0.5) is 0 Å². The van der Waals surface area contributed by atoms with Gasteiger partial charge in [0.15, 0.2) is 0 Å². The number of hydrogen-bond acceptors (Lipinski definition) is 2. The summed E-state index contributed by atoms with van der Waals surface area (Å²) in [5.41, 5.74) is 13.7. The first kappa shape index (κ1) is 27.7. The third kappa shape index (κ3) is 3.65. The van der Waals surface area contributed by atoms with Crippen molar-refractivity contribution in [1.29, 1.82) is 0 Å². The molecule has 1 aliphatic rings. The first-order chi connectivity index (χ1) is 25.8. The molecular weight excluding hydrogens is 633 g/mol. The number of rotatable bonds is 2. The normalized spacial score (nSPS) is 12.2.